The van der Waals surface area contributed by atoms with Crippen molar-refractivity contribution in [2.75, 3.05) is 6.61 Å². The molecular formula is C21H43NO3. The van der Waals surface area contributed by atoms with Crippen molar-refractivity contribution < 1.29 is 15.0 Å². The molecule has 1 unspecified atom stereocenters. The Morgan fingerprint density at radius 2 is 1.04 bits per heavy atom. The molecule has 0 radical (unpaired) electrons. The van der Waals surface area contributed by atoms with Gasteiger partial charge in [0.25, 0.3) is 5.91 Å². The first kappa shape index (κ1) is 24.4. The summed E-state index contributed by atoms with van der Waals surface area (Å²) in [5, 5.41) is 18.8. The first-order chi connectivity index (χ1) is 12.1. The number of hydrogen-bond donors (Lipinski definition) is 3. The summed E-state index contributed by atoms with van der Waals surface area (Å²) in [6.07, 6.45) is 20.8. The van der Waals surface area contributed by atoms with Crippen molar-refractivity contribution in [1.82, 2.24) is 0 Å². The maximum atomic E-state index is 11.1. The highest BCUT2D eigenvalue weighted by Crippen LogP contribution is 2.17. The van der Waals surface area contributed by atoms with E-state index in [0.717, 1.165) is 19.3 Å². The average molecular weight is 358 g/mol. The minimum absolute atomic E-state index is 0.261. The Balaban J connectivity index is 3.23. The quantitative estimate of drug-likeness (QED) is 0.289. The molecule has 0 saturated heterocycles. The minimum Gasteiger partial charge on any atom is -0.393 e. The van der Waals surface area contributed by atoms with Crippen LogP contribution in [0.1, 0.15) is 116 Å². The lowest BCUT2D eigenvalue weighted by Crippen LogP contribution is -2.46. The van der Waals surface area contributed by atoms with E-state index in [0.29, 0.717) is 0 Å². The number of nitrogens with two attached hydrogens (primary N) is 1. The van der Waals surface area contributed by atoms with Gasteiger partial charge in [0.15, 0.2) is 5.60 Å². The van der Waals surface area contributed by atoms with Crippen molar-refractivity contribution in [2.24, 2.45) is 5.73 Å². The van der Waals surface area contributed by atoms with Gasteiger partial charge in [0.2, 0.25) is 0 Å². The number of primary amides is 1. The summed E-state index contributed by atoms with van der Waals surface area (Å²) in [4.78, 5) is 11.1. The van der Waals surface area contributed by atoms with Gasteiger partial charge in [-0.15, -0.1) is 0 Å². The van der Waals surface area contributed by atoms with Crippen molar-refractivity contribution in [3.05, 3.63) is 0 Å². The Hall–Kier alpha value is -0.610. The van der Waals surface area contributed by atoms with E-state index in [1.165, 1.54) is 83.5 Å². The summed E-state index contributed by atoms with van der Waals surface area (Å²) >= 11 is 0. The van der Waals surface area contributed by atoms with Crippen LogP contribution in [0.15, 0.2) is 0 Å². The largest absolute Gasteiger partial charge is 0.393 e. The molecule has 25 heavy (non-hydrogen) atoms. The third-order valence-electron chi connectivity index (χ3n) is 5.16. The van der Waals surface area contributed by atoms with Gasteiger partial charge < -0.3 is 15.9 Å². The fourth-order valence-electron chi connectivity index (χ4n) is 3.25. The highest BCUT2D eigenvalue weighted by Gasteiger charge is 2.32. The smallest absolute Gasteiger partial charge is 0.251 e. The SMILES string of the molecule is CCCCCCCCCCCCCCCCCCC(O)(CO)C(N)=O. The molecule has 0 bridgehead atoms. The molecule has 0 aromatic rings. The number of aliphatic hydroxyl groups is 2. The predicted octanol–water partition coefficient (Wildman–Crippen LogP) is 4.85. The van der Waals surface area contributed by atoms with Gasteiger partial charge in [-0.1, -0.05) is 103 Å². The van der Waals surface area contributed by atoms with Gasteiger partial charge in [-0.3, -0.25) is 4.79 Å². The maximum Gasteiger partial charge on any atom is 0.251 e. The van der Waals surface area contributed by atoms with Crippen LogP contribution < -0.4 is 5.73 Å². The molecule has 1 amide bonds. The number of unbranched alkanes of at least 4 members (excludes halogenated alkanes) is 15. The maximum absolute atomic E-state index is 11.1. The minimum atomic E-state index is -1.73. The molecule has 0 fully saturated rings. The zero-order chi connectivity index (χ0) is 18.8. The molecule has 0 heterocycles. The van der Waals surface area contributed by atoms with E-state index < -0.39 is 18.1 Å². The molecule has 4 N–H and O–H groups in total. The van der Waals surface area contributed by atoms with E-state index in [9.17, 15) is 9.90 Å². The molecule has 0 aromatic heterocycles. The Labute approximate surface area is 155 Å². The van der Waals surface area contributed by atoms with Gasteiger partial charge in [0, 0.05) is 0 Å². The standard InChI is InChI=1S/C21H43NO3/c1-2-3-4-5-6-7-8-9-10-11-12-13-14-15-16-17-18-21(25,19-23)20(22)24/h23,25H,2-19H2,1H3,(H2,22,24). The molecule has 0 saturated carbocycles. The van der Waals surface area contributed by atoms with Crippen LogP contribution in [0.5, 0.6) is 0 Å². The van der Waals surface area contributed by atoms with Crippen LogP contribution in [-0.4, -0.2) is 28.3 Å². The van der Waals surface area contributed by atoms with Crippen LogP contribution in [0.2, 0.25) is 0 Å². The third-order valence-corrected chi connectivity index (χ3v) is 5.16. The number of amides is 1. The number of carbonyl (C=O) groups excluding carboxylic acids is 1. The highest BCUT2D eigenvalue weighted by molar-refractivity contribution is 5.83. The molecule has 1 atom stereocenters. The van der Waals surface area contributed by atoms with Crippen LogP contribution in [0.25, 0.3) is 0 Å². The molecule has 150 valence electrons. The molecular weight excluding hydrogens is 314 g/mol. The van der Waals surface area contributed by atoms with E-state index in [-0.39, 0.29) is 6.42 Å². The second kappa shape index (κ2) is 16.8. The summed E-state index contributed by atoms with van der Waals surface area (Å²) in [5.74, 6) is -0.823. The Bertz CT molecular complexity index is 310. The Morgan fingerprint density at radius 3 is 1.32 bits per heavy atom. The first-order valence-electron chi connectivity index (χ1n) is 10.7. The summed E-state index contributed by atoms with van der Waals surface area (Å²) in [7, 11) is 0. The molecule has 0 aliphatic heterocycles. The van der Waals surface area contributed by atoms with Gasteiger partial charge in [0.1, 0.15) is 0 Å². The normalized spacial score (nSPS) is 13.7. The average Bonchev–Trinajstić information content (AvgIpc) is 2.61. The number of rotatable bonds is 19. The van der Waals surface area contributed by atoms with Gasteiger partial charge in [0.05, 0.1) is 6.61 Å². The van der Waals surface area contributed by atoms with E-state index >= 15 is 0 Å². The summed E-state index contributed by atoms with van der Waals surface area (Å²) in [6, 6.07) is 0. The summed E-state index contributed by atoms with van der Waals surface area (Å²) in [5.41, 5.74) is 3.37. The Morgan fingerprint density at radius 1 is 0.720 bits per heavy atom. The van der Waals surface area contributed by atoms with Crippen LogP contribution in [0.3, 0.4) is 0 Å². The molecule has 0 aliphatic rings. The number of hydrogen-bond acceptors (Lipinski definition) is 3. The van der Waals surface area contributed by atoms with Crippen molar-refractivity contribution in [3.63, 3.8) is 0 Å². The fourth-order valence-corrected chi connectivity index (χ4v) is 3.25. The van der Waals surface area contributed by atoms with Gasteiger partial charge >= 0.3 is 0 Å². The highest BCUT2D eigenvalue weighted by atomic mass is 16.3. The van der Waals surface area contributed by atoms with Crippen LogP contribution in [-0.2, 0) is 4.79 Å². The van der Waals surface area contributed by atoms with Crippen molar-refractivity contribution in [1.29, 1.82) is 0 Å². The fraction of sp³-hybridized carbons (Fsp3) is 0.952. The van der Waals surface area contributed by atoms with E-state index in [2.05, 4.69) is 6.92 Å². The summed E-state index contributed by atoms with van der Waals surface area (Å²) < 4.78 is 0. The molecule has 0 aromatic carbocycles. The Kier molecular flexibility index (Phi) is 16.4. The van der Waals surface area contributed by atoms with Gasteiger partial charge in [-0.25, -0.2) is 0 Å². The third kappa shape index (κ3) is 14.3. The first-order valence-corrected chi connectivity index (χ1v) is 10.7. The predicted molar refractivity (Wildman–Crippen MR) is 105 cm³/mol. The van der Waals surface area contributed by atoms with Crippen LogP contribution >= 0.6 is 0 Å². The number of carbonyl (C=O) groups is 1. The number of aliphatic hydroxyl groups excluding tert-OH is 1. The second-order valence-electron chi connectivity index (χ2n) is 7.61. The lowest BCUT2D eigenvalue weighted by molar-refractivity contribution is -0.141. The van der Waals surface area contributed by atoms with Crippen LogP contribution in [0.4, 0.5) is 0 Å². The molecule has 0 spiro atoms. The van der Waals surface area contributed by atoms with Crippen molar-refractivity contribution in [2.45, 2.75) is 122 Å². The zero-order valence-corrected chi connectivity index (χ0v) is 16.6. The van der Waals surface area contributed by atoms with E-state index in [1.54, 1.807) is 0 Å². The monoisotopic (exact) mass is 357 g/mol. The lowest BCUT2D eigenvalue weighted by Gasteiger charge is -2.21. The second-order valence-corrected chi connectivity index (χ2v) is 7.61. The molecule has 0 aliphatic carbocycles. The van der Waals surface area contributed by atoms with E-state index in [4.69, 9.17) is 10.8 Å². The van der Waals surface area contributed by atoms with Crippen molar-refractivity contribution >= 4 is 5.91 Å². The zero-order valence-electron chi connectivity index (χ0n) is 16.6. The molecule has 0 rings (SSSR count). The summed E-state index contributed by atoms with van der Waals surface area (Å²) in [6.45, 7) is 1.68. The lowest BCUT2D eigenvalue weighted by atomic mass is 9.95. The van der Waals surface area contributed by atoms with E-state index in [1.807, 2.05) is 0 Å². The van der Waals surface area contributed by atoms with Gasteiger partial charge in [-0.2, -0.15) is 0 Å². The molecule has 4 nitrogen and oxygen atoms in total. The van der Waals surface area contributed by atoms with Crippen LogP contribution in [0, 0.1) is 0 Å². The van der Waals surface area contributed by atoms with Gasteiger partial charge in [-0.05, 0) is 12.8 Å². The molecule has 4 heteroatoms. The topological polar surface area (TPSA) is 83.6 Å². The van der Waals surface area contributed by atoms with Crippen molar-refractivity contribution in [3.8, 4) is 0 Å².